The Balaban J connectivity index is 1.62. The molecule has 5 rings (SSSR count). The van der Waals surface area contributed by atoms with Gasteiger partial charge >= 0.3 is 5.69 Å². The number of nitrogens with zero attached hydrogens (tertiary/aromatic N) is 5. The van der Waals surface area contributed by atoms with E-state index in [1.165, 1.54) is 6.26 Å². The number of sulfone groups is 1. The van der Waals surface area contributed by atoms with Gasteiger partial charge in [-0.25, -0.2) is 18.2 Å². The van der Waals surface area contributed by atoms with Crippen LogP contribution in [0.1, 0.15) is 32.0 Å². The smallest absolute Gasteiger partial charge is 0.326 e. The van der Waals surface area contributed by atoms with Crippen LogP contribution in [0, 0.1) is 0 Å². The van der Waals surface area contributed by atoms with Crippen LogP contribution < -0.4 is 5.69 Å². The lowest BCUT2D eigenvalue weighted by Crippen LogP contribution is -2.31. The van der Waals surface area contributed by atoms with E-state index in [0.717, 1.165) is 34.9 Å². The number of hydrogen-bond acceptors (Lipinski definition) is 5. The zero-order valence-electron chi connectivity index (χ0n) is 18.0. The fourth-order valence-corrected chi connectivity index (χ4v) is 5.15. The van der Waals surface area contributed by atoms with Crippen LogP contribution >= 0.6 is 11.6 Å². The second-order valence-electron chi connectivity index (χ2n) is 8.86. The number of halogens is 1. The first-order valence-corrected chi connectivity index (χ1v) is 13.0. The minimum absolute atomic E-state index is 0.0826. The van der Waals surface area contributed by atoms with Gasteiger partial charge < -0.3 is 4.57 Å². The summed E-state index contributed by atoms with van der Waals surface area (Å²) in [6.45, 7) is 2.83. The van der Waals surface area contributed by atoms with Crippen molar-refractivity contribution in [3.63, 3.8) is 0 Å². The van der Waals surface area contributed by atoms with Gasteiger partial charge in [0.25, 0.3) is 0 Å². The third-order valence-corrected chi connectivity index (χ3v) is 7.50. The topological polar surface area (TPSA) is 91.8 Å². The van der Waals surface area contributed by atoms with Gasteiger partial charge in [-0.05, 0) is 50.5 Å². The number of aryl methyl sites for hydroxylation is 1. The van der Waals surface area contributed by atoms with Crippen LogP contribution in [0.4, 0.5) is 0 Å². The van der Waals surface area contributed by atoms with Crippen molar-refractivity contribution in [1.29, 1.82) is 0 Å². The molecule has 8 nitrogen and oxygen atoms in total. The van der Waals surface area contributed by atoms with Crippen molar-refractivity contribution < 1.29 is 8.42 Å². The number of hydrogen-bond donors (Lipinski definition) is 0. The SMILES string of the molecule is CC1(n2c(=O)n(Cc3nc4cc(Cl)ccc4n3CCCS(C)(=O)=O)c3cnccc32)CC1. The molecule has 0 aliphatic heterocycles. The van der Waals surface area contributed by atoms with Gasteiger partial charge in [0.05, 0.1) is 40.6 Å². The Morgan fingerprint density at radius 3 is 2.62 bits per heavy atom. The predicted octanol–water partition coefficient (Wildman–Crippen LogP) is 3.19. The van der Waals surface area contributed by atoms with Gasteiger partial charge in [-0.15, -0.1) is 0 Å². The first-order chi connectivity index (χ1) is 15.2. The van der Waals surface area contributed by atoms with Gasteiger partial charge in [-0.1, -0.05) is 11.6 Å². The molecule has 0 atom stereocenters. The first kappa shape index (κ1) is 21.2. The molecular weight excluding hydrogens is 450 g/mol. The molecule has 0 bridgehead atoms. The Morgan fingerprint density at radius 1 is 1.12 bits per heavy atom. The zero-order chi connectivity index (χ0) is 22.7. The lowest BCUT2D eigenvalue weighted by atomic mass is 10.3. The van der Waals surface area contributed by atoms with Gasteiger partial charge in [0.1, 0.15) is 15.7 Å². The van der Waals surface area contributed by atoms with Crippen molar-refractivity contribution in [2.45, 2.75) is 44.8 Å². The Bertz CT molecular complexity index is 1510. The van der Waals surface area contributed by atoms with E-state index in [0.29, 0.717) is 23.8 Å². The number of aromatic nitrogens is 5. The highest BCUT2D eigenvalue weighted by atomic mass is 35.5. The van der Waals surface area contributed by atoms with E-state index in [9.17, 15) is 13.2 Å². The molecule has 3 heterocycles. The third-order valence-electron chi connectivity index (χ3n) is 6.23. The Morgan fingerprint density at radius 2 is 1.91 bits per heavy atom. The highest BCUT2D eigenvalue weighted by Crippen LogP contribution is 2.43. The van der Waals surface area contributed by atoms with E-state index >= 15 is 0 Å². The molecule has 0 spiro atoms. The first-order valence-electron chi connectivity index (χ1n) is 10.5. The molecule has 0 amide bonds. The maximum absolute atomic E-state index is 13.5. The van der Waals surface area contributed by atoms with E-state index in [1.54, 1.807) is 29.1 Å². The Labute approximate surface area is 190 Å². The van der Waals surface area contributed by atoms with Crippen molar-refractivity contribution >= 4 is 43.5 Å². The number of pyridine rings is 1. The quantitative estimate of drug-likeness (QED) is 0.411. The van der Waals surface area contributed by atoms with Crippen molar-refractivity contribution in [2.24, 2.45) is 0 Å². The van der Waals surface area contributed by atoms with E-state index in [4.69, 9.17) is 16.6 Å². The number of imidazole rings is 2. The van der Waals surface area contributed by atoms with Crippen molar-refractivity contribution in [3.8, 4) is 0 Å². The average Bonchev–Trinajstić information content (AvgIpc) is 3.27. The molecule has 0 radical (unpaired) electrons. The molecule has 1 aromatic carbocycles. The van der Waals surface area contributed by atoms with Crippen LogP contribution in [0.25, 0.3) is 22.1 Å². The average molecular weight is 474 g/mol. The van der Waals surface area contributed by atoms with Crippen LogP contribution in [0.15, 0.2) is 41.5 Å². The number of fused-ring (bicyclic) bond motifs is 2. The summed E-state index contributed by atoms with van der Waals surface area (Å²) in [5, 5.41) is 0.574. The van der Waals surface area contributed by atoms with E-state index in [1.807, 2.05) is 21.3 Å². The second kappa shape index (κ2) is 7.45. The van der Waals surface area contributed by atoms with Gasteiger partial charge in [0.15, 0.2) is 0 Å². The third kappa shape index (κ3) is 3.73. The predicted molar refractivity (Wildman–Crippen MR) is 125 cm³/mol. The highest BCUT2D eigenvalue weighted by Gasteiger charge is 2.42. The van der Waals surface area contributed by atoms with Crippen molar-refractivity contribution in [3.05, 3.63) is 58.0 Å². The zero-order valence-corrected chi connectivity index (χ0v) is 19.5. The van der Waals surface area contributed by atoms with Crippen LogP contribution in [0.5, 0.6) is 0 Å². The molecule has 0 unspecified atom stereocenters. The largest absolute Gasteiger partial charge is 0.330 e. The van der Waals surface area contributed by atoms with Crippen LogP contribution in [-0.4, -0.2) is 44.1 Å². The molecule has 32 heavy (non-hydrogen) atoms. The molecule has 1 fully saturated rings. The van der Waals surface area contributed by atoms with E-state index in [2.05, 4.69) is 11.9 Å². The van der Waals surface area contributed by atoms with Crippen LogP contribution in [0.2, 0.25) is 5.02 Å². The molecule has 3 aromatic heterocycles. The lowest BCUT2D eigenvalue weighted by Gasteiger charge is -2.11. The summed E-state index contributed by atoms with van der Waals surface area (Å²) in [6, 6.07) is 7.34. The van der Waals surface area contributed by atoms with Gasteiger partial charge in [0.2, 0.25) is 0 Å². The minimum atomic E-state index is -3.07. The number of benzene rings is 1. The second-order valence-corrected chi connectivity index (χ2v) is 11.6. The highest BCUT2D eigenvalue weighted by molar-refractivity contribution is 7.90. The Hall–Kier alpha value is -2.65. The standard InChI is InChI=1S/C22H24ClN5O3S/c1-22(7-8-22)28-18-6-9-24-13-19(18)27(21(28)29)14-20-25-16-12-15(23)4-5-17(16)26(20)10-3-11-32(2,30)31/h4-6,9,12-13H,3,7-8,10-11,14H2,1-2H3. The Kier molecular flexibility index (Phi) is 4.94. The van der Waals surface area contributed by atoms with Gasteiger partial charge in [0, 0.05) is 29.6 Å². The fraction of sp³-hybridized carbons (Fsp3) is 0.409. The minimum Gasteiger partial charge on any atom is -0.326 e. The fourth-order valence-electron chi connectivity index (χ4n) is 4.33. The monoisotopic (exact) mass is 473 g/mol. The van der Waals surface area contributed by atoms with Crippen molar-refractivity contribution in [1.82, 2.24) is 23.7 Å². The normalized spacial score (nSPS) is 15.6. The van der Waals surface area contributed by atoms with Crippen LogP contribution in [0.3, 0.4) is 0 Å². The summed E-state index contributed by atoms with van der Waals surface area (Å²) in [7, 11) is -3.07. The van der Waals surface area contributed by atoms with E-state index in [-0.39, 0.29) is 23.5 Å². The lowest BCUT2D eigenvalue weighted by molar-refractivity contribution is 0.511. The summed E-state index contributed by atoms with van der Waals surface area (Å²) in [6.07, 6.45) is 7.05. The summed E-state index contributed by atoms with van der Waals surface area (Å²) in [4.78, 5) is 22.5. The molecular formula is C22H24ClN5O3S. The summed E-state index contributed by atoms with van der Waals surface area (Å²) in [5.41, 5.74) is 2.97. The molecule has 168 valence electrons. The van der Waals surface area contributed by atoms with Crippen molar-refractivity contribution in [2.75, 3.05) is 12.0 Å². The van der Waals surface area contributed by atoms with Gasteiger partial charge in [-0.2, -0.15) is 0 Å². The molecule has 10 heteroatoms. The summed E-state index contributed by atoms with van der Waals surface area (Å²) >= 11 is 6.17. The molecule has 1 aliphatic carbocycles. The van der Waals surface area contributed by atoms with Gasteiger partial charge in [-0.3, -0.25) is 14.1 Å². The summed E-state index contributed by atoms with van der Waals surface area (Å²) < 4.78 is 28.9. The maximum Gasteiger partial charge on any atom is 0.330 e. The summed E-state index contributed by atoms with van der Waals surface area (Å²) in [5.74, 6) is 0.767. The molecule has 1 aliphatic rings. The van der Waals surface area contributed by atoms with E-state index < -0.39 is 9.84 Å². The molecule has 0 N–H and O–H groups in total. The molecule has 1 saturated carbocycles. The molecule has 4 aromatic rings. The van der Waals surface area contributed by atoms with Crippen LogP contribution in [-0.2, 0) is 28.5 Å². The number of rotatable bonds is 7. The molecule has 0 saturated heterocycles. The maximum atomic E-state index is 13.5.